The number of nitrogens with zero attached hydrogens (tertiary/aromatic N) is 2. The third kappa shape index (κ3) is 8.77. The van der Waals surface area contributed by atoms with Crippen molar-refractivity contribution in [3.05, 3.63) is 62.6 Å². The van der Waals surface area contributed by atoms with Crippen molar-refractivity contribution in [2.75, 3.05) is 17.1 Å². The van der Waals surface area contributed by atoms with E-state index in [-0.39, 0.29) is 43.8 Å². The summed E-state index contributed by atoms with van der Waals surface area (Å²) in [6.45, 7) is 7.48. The fourth-order valence-electron chi connectivity index (χ4n) is 3.98. The first-order chi connectivity index (χ1) is 17.3. The van der Waals surface area contributed by atoms with E-state index < -0.39 is 16.1 Å². The second-order valence-corrected chi connectivity index (χ2v) is 12.3. The molecule has 0 heterocycles. The van der Waals surface area contributed by atoms with Crippen LogP contribution in [0.15, 0.2) is 36.4 Å². The van der Waals surface area contributed by atoms with Crippen LogP contribution >= 0.6 is 34.8 Å². The lowest BCUT2D eigenvalue weighted by molar-refractivity contribution is -0.141. The molecule has 1 N–H and O–H groups in total. The third-order valence-corrected chi connectivity index (χ3v) is 8.01. The van der Waals surface area contributed by atoms with E-state index in [1.54, 1.807) is 43.3 Å². The molecule has 0 aromatic heterocycles. The molecule has 0 aliphatic heterocycles. The van der Waals surface area contributed by atoms with Gasteiger partial charge < -0.3 is 10.2 Å². The zero-order valence-corrected chi connectivity index (χ0v) is 24.8. The molecule has 0 saturated carbocycles. The highest BCUT2D eigenvalue weighted by Crippen LogP contribution is 2.29. The van der Waals surface area contributed by atoms with E-state index in [1.807, 2.05) is 20.8 Å². The number of hydrogen-bond acceptors (Lipinski definition) is 4. The first-order valence-corrected chi connectivity index (χ1v) is 15.0. The second kappa shape index (κ2) is 13.7. The zero-order chi connectivity index (χ0) is 27.9. The molecular formula is C26H34Cl3N3O4S. The van der Waals surface area contributed by atoms with Gasteiger partial charge in [0.15, 0.2) is 0 Å². The summed E-state index contributed by atoms with van der Waals surface area (Å²) >= 11 is 18.6. The summed E-state index contributed by atoms with van der Waals surface area (Å²) in [5, 5.41) is 4.19. The van der Waals surface area contributed by atoms with Gasteiger partial charge in [-0.3, -0.25) is 13.9 Å². The summed E-state index contributed by atoms with van der Waals surface area (Å²) in [6.07, 6.45) is 1.79. The van der Waals surface area contributed by atoms with Gasteiger partial charge in [0, 0.05) is 40.6 Å². The number of amides is 2. The number of rotatable bonds is 12. The molecule has 1 unspecified atom stereocenters. The van der Waals surface area contributed by atoms with Crippen molar-refractivity contribution in [1.82, 2.24) is 10.2 Å². The summed E-state index contributed by atoms with van der Waals surface area (Å²) < 4.78 is 26.4. The molecule has 0 fully saturated rings. The highest BCUT2D eigenvalue weighted by molar-refractivity contribution is 7.92. The monoisotopic (exact) mass is 589 g/mol. The minimum absolute atomic E-state index is 0.0301. The lowest BCUT2D eigenvalue weighted by Crippen LogP contribution is -2.50. The van der Waals surface area contributed by atoms with Crippen LogP contribution in [0.1, 0.15) is 51.2 Å². The van der Waals surface area contributed by atoms with Gasteiger partial charge in [-0.25, -0.2) is 8.42 Å². The first kappa shape index (κ1) is 31.2. The van der Waals surface area contributed by atoms with Crippen LogP contribution in [0.5, 0.6) is 0 Å². The average Bonchev–Trinajstić information content (AvgIpc) is 2.78. The smallest absolute Gasteiger partial charge is 0.243 e. The van der Waals surface area contributed by atoms with Crippen molar-refractivity contribution < 1.29 is 18.0 Å². The van der Waals surface area contributed by atoms with Gasteiger partial charge in [-0.2, -0.15) is 0 Å². The van der Waals surface area contributed by atoms with Crippen molar-refractivity contribution >= 4 is 62.3 Å². The van der Waals surface area contributed by atoms with Crippen molar-refractivity contribution in [3.8, 4) is 0 Å². The first-order valence-electron chi connectivity index (χ1n) is 12.0. The van der Waals surface area contributed by atoms with Crippen LogP contribution in [-0.4, -0.2) is 50.0 Å². The number of nitrogens with one attached hydrogen (secondary N) is 1. The quantitative estimate of drug-likeness (QED) is 0.337. The van der Waals surface area contributed by atoms with Crippen molar-refractivity contribution in [3.63, 3.8) is 0 Å². The second-order valence-electron chi connectivity index (χ2n) is 9.17. The Kier molecular flexibility index (Phi) is 11.6. The third-order valence-electron chi connectivity index (χ3n) is 5.83. The Morgan fingerprint density at radius 2 is 1.73 bits per heavy atom. The molecule has 37 heavy (non-hydrogen) atoms. The predicted octanol–water partition coefficient (Wildman–Crippen LogP) is 5.83. The zero-order valence-electron chi connectivity index (χ0n) is 21.7. The molecule has 1 atom stereocenters. The molecule has 0 radical (unpaired) electrons. The van der Waals surface area contributed by atoms with E-state index in [4.69, 9.17) is 34.8 Å². The van der Waals surface area contributed by atoms with Crippen LogP contribution in [0.3, 0.4) is 0 Å². The highest BCUT2D eigenvalue weighted by Gasteiger charge is 2.30. The molecular weight excluding hydrogens is 557 g/mol. The Balaban J connectivity index is 2.29. The number of carbonyl (C=O) groups is 2. The van der Waals surface area contributed by atoms with Gasteiger partial charge in [0.1, 0.15) is 6.04 Å². The number of sulfonamides is 1. The average molecular weight is 591 g/mol. The Morgan fingerprint density at radius 3 is 2.30 bits per heavy atom. The van der Waals surface area contributed by atoms with Crippen molar-refractivity contribution in [1.29, 1.82) is 0 Å². The maximum atomic E-state index is 13.5. The minimum atomic E-state index is -3.63. The Morgan fingerprint density at radius 1 is 1.05 bits per heavy atom. The summed E-state index contributed by atoms with van der Waals surface area (Å²) in [4.78, 5) is 28.0. The Hall–Kier alpha value is -2.00. The van der Waals surface area contributed by atoms with Gasteiger partial charge in [0.25, 0.3) is 0 Å². The van der Waals surface area contributed by atoms with Gasteiger partial charge >= 0.3 is 0 Å². The van der Waals surface area contributed by atoms with E-state index >= 15 is 0 Å². The number of halogens is 3. The number of carbonyl (C=O) groups excluding carboxylic acids is 2. The number of benzene rings is 2. The topological polar surface area (TPSA) is 86.8 Å². The van der Waals surface area contributed by atoms with Gasteiger partial charge in [-0.1, -0.05) is 53.9 Å². The van der Waals surface area contributed by atoms with Gasteiger partial charge in [-0.15, -0.1) is 0 Å². The van der Waals surface area contributed by atoms with Gasteiger partial charge in [-0.05, 0) is 69.0 Å². The molecule has 2 aromatic rings. The SMILES string of the molecule is CCC(C(=O)NC(C)C)N(Cc1ccc(Cl)cc1Cl)C(=O)CCCN(c1cccc(Cl)c1C)S(C)(=O)=O. The predicted molar refractivity (Wildman–Crippen MR) is 152 cm³/mol. The van der Waals surface area contributed by atoms with Crippen molar-refractivity contribution in [2.24, 2.45) is 0 Å². The largest absolute Gasteiger partial charge is 0.352 e. The fraction of sp³-hybridized carbons (Fsp3) is 0.462. The van der Waals surface area contributed by atoms with Crippen LogP contribution in [0.2, 0.25) is 15.1 Å². The van der Waals surface area contributed by atoms with Crippen LogP contribution in [0, 0.1) is 6.92 Å². The molecule has 204 valence electrons. The van der Waals surface area contributed by atoms with E-state index in [0.29, 0.717) is 38.3 Å². The molecule has 0 aliphatic rings. The maximum Gasteiger partial charge on any atom is 0.243 e. The molecule has 2 aromatic carbocycles. The van der Waals surface area contributed by atoms with Crippen molar-refractivity contribution in [2.45, 2.75) is 65.6 Å². The number of anilines is 1. The normalized spacial score (nSPS) is 12.4. The molecule has 2 amide bonds. The Labute approximate surface area is 235 Å². The van der Waals surface area contributed by atoms with Crippen LogP contribution < -0.4 is 9.62 Å². The molecule has 0 spiro atoms. The maximum absolute atomic E-state index is 13.5. The molecule has 2 rings (SSSR count). The summed E-state index contributed by atoms with van der Waals surface area (Å²) in [7, 11) is -3.63. The number of hydrogen-bond donors (Lipinski definition) is 1. The van der Waals surface area contributed by atoms with Gasteiger partial charge in [0.2, 0.25) is 21.8 Å². The van der Waals surface area contributed by atoms with E-state index in [1.165, 1.54) is 9.21 Å². The van der Waals surface area contributed by atoms with Crippen LogP contribution in [0.4, 0.5) is 5.69 Å². The standard InChI is InChI=1S/C26H34Cl3N3O4S/c1-6-23(26(34)30-17(2)3)31(16-19-12-13-20(27)15-22(19)29)25(33)11-8-14-32(37(5,35)36)24-10-7-9-21(28)18(24)4/h7,9-10,12-13,15,17,23H,6,8,11,14,16H2,1-5H3,(H,30,34). The molecule has 11 heteroatoms. The summed E-state index contributed by atoms with van der Waals surface area (Å²) in [6, 6.07) is 9.24. The van der Waals surface area contributed by atoms with Crippen LogP contribution in [0.25, 0.3) is 0 Å². The van der Waals surface area contributed by atoms with Gasteiger partial charge in [0.05, 0.1) is 11.9 Å². The molecule has 0 bridgehead atoms. The molecule has 7 nitrogen and oxygen atoms in total. The fourth-order valence-corrected chi connectivity index (χ4v) is 5.64. The summed E-state index contributed by atoms with van der Waals surface area (Å²) in [5.74, 6) is -0.545. The van der Waals surface area contributed by atoms with Crippen LogP contribution in [-0.2, 0) is 26.2 Å². The summed E-state index contributed by atoms with van der Waals surface area (Å²) in [5.41, 5.74) is 1.76. The van der Waals surface area contributed by atoms with E-state index in [0.717, 1.165) is 6.26 Å². The van der Waals surface area contributed by atoms with E-state index in [9.17, 15) is 18.0 Å². The molecule has 0 saturated heterocycles. The highest BCUT2D eigenvalue weighted by atomic mass is 35.5. The lowest BCUT2D eigenvalue weighted by atomic mass is 10.1. The minimum Gasteiger partial charge on any atom is -0.352 e. The Bertz CT molecular complexity index is 1220. The molecule has 0 aliphatic carbocycles. The van der Waals surface area contributed by atoms with E-state index in [2.05, 4.69) is 5.32 Å². The lowest BCUT2D eigenvalue weighted by Gasteiger charge is -2.32.